The molecule has 1 amide bonds. The van der Waals surface area contributed by atoms with E-state index in [1.54, 1.807) is 35.3 Å². The summed E-state index contributed by atoms with van der Waals surface area (Å²) in [6.07, 6.45) is 7.54. The number of rotatable bonds is 8. The second-order valence-electron chi connectivity index (χ2n) is 11.9. The van der Waals surface area contributed by atoms with Gasteiger partial charge in [0.05, 0.1) is 38.6 Å². The van der Waals surface area contributed by atoms with Crippen LogP contribution in [0.25, 0.3) is 11.4 Å². The van der Waals surface area contributed by atoms with E-state index in [2.05, 4.69) is 82.2 Å². The van der Waals surface area contributed by atoms with Crippen LogP contribution in [-0.4, -0.2) is 68.9 Å². The molecule has 0 atom stereocenters. The van der Waals surface area contributed by atoms with Gasteiger partial charge in [-0.05, 0) is 36.4 Å². The van der Waals surface area contributed by atoms with Gasteiger partial charge in [-0.25, -0.2) is 19.3 Å². The summed E-state index contributed by atoms with van der Waals surface area (Å²) in [4.78, 5) is 20.6. The van der Waals surface area contributed by atoms with Gasteiger partial charge in [-0.2, -0.15) is 20.7 Å². The van der Waals surface area contributed by atoms with Gasteiger partial charge < -0.3 is 10.6 Å². The molecule has 2 N–H and O–H groups in total. The number of thiocarbonyl (C=S) groups is 1. The number of nitriles is 2. The number of nitrogens with zero attached hydrogens (tertiary/aromatic N) is 8. The average molecular weight is 615 g/mol. The SMILES string of the molecule is C[Si](C)(C)CNC(=O)c1ccc(-n2cncn2)c(C#N)c1.C[Si](C)(C)CNC(=S)c1ccc(-n2cncn2)c(C#N)c1. The van der Waals surface area contributed by atoms with E-state index in [1.165, 1.54) is 23.7 Å². The van der Waals surface area contributed by atoms with Crippen molar-refractivity contribution in [1.29, 1.82) is 10.5 Å². The summed E-state index contributed by atoms with van der Waals surface area (Å²) >= 11 is 5.41. The lowest BCUT2D eigenvalue weighted by Gasteiger charge is -2.18. The average Bonchev–Trinajstić information content (AvgIpc) is 3.69. The second kappa shape index (κ2) is 13.9. The third kappa shape index (κ3) is 9.27. The highest BCUT2D eigenvalue weighted by molar-refractivity contribution is 7.80. The zero-order valence-electron chi connectivity index (χ0n) is 24.6. The zero-order chi connectivity index (χ0) is 30.9. The van der Waals surface area contributed by atoms with Gasteiger partial charge in [0, 0.05) is 23.5 Å². The molecule has 0 radical (unpaired) electrons. The Kier molecular flexibility index (Phi) is 10.6. The number of aromatic nitrogens is 6. The molecule has 11 nitrogen and oxygen atoms in total. The molecule has 0 aliphatic rings. The largest absolute Gasteiger partial charge is 0.379 e. The van der Waals surface area contributed by atoms with Crippen molar-refractivity contribution in [1.82, 2.24) is 40.2 Å². The Morgan fingerprint density at radius 3 is 1.67 bits per heavy atom. The lowest BCUT2D eigenvalue weighted by Crippen LogP contribution is -2.39. The third-order valence-corrected chi connectivity index (χ3v) is 8.50. The summed E-state index contributed by atoms with van der Waals surface area (Å²) in [6.45, 7) is 13.4. The van der Waals surface area contributed by atoms with Gasteiger partial charge >= 0.3 is 0 Å². The van der Waals surface area contributed by atoms with Crippen molar-refractivity contribution in [2.75, 3.05) is 12.3 Å². The minimum Gasteiger partial charge on any atom is -0.379 e. The van der Waals surface area contributed by atoms with E-state index in [9.17, 15) is 15.3 Å². The summed E-state index contributed by atoms with van der Waals surface area (Å²) in [6, 6.07) is 14.8. The van der Waals surface area contributed by atoms with Gasteiger partial charge in [0.2, 0.25) is 0 Å². The van der Waals surface area contributed by atoms with Crippen molar-refractivity contribution in [3.8, 4) is 23.5 Å². The molecule has 0 aliphatic carbocycles. The van der Waals surface area contributed by atoms with Crippen molar-refractivity contribution in [3.63, 3.8) is 0 Å². The first kappa shape index (κ1) is 32.0. The monoisotopic (exact) mass is 614 g/mol. The Morgan fingerprint density at radius 1 is 0.786 bits per heavy atom. The van der Waals surface area contributed by atoms with Gasteiger partial charge in [0.25, 0.3) is 5.91 Å². The van der Waals surface area contributed by atoms with Crippen molar-refractivity contribution < 1.29 is 4.79 Å². The molecule has 216 valence electrons. The van der Waals surface area contributed by atoms with Gasteiger partial charge in [-0.3, -0.25) is 4.79 Å². The smallest absolute Gasteiger partial charge is 0.251 e. The molecule has 0 fully saturated rings. The summed E-state index contributed by atoms with van der Waals surface area (Å²) in [5.74, 6) is -0.154. The summed E-state index contributed by atoms with van der Waals surface area (Å²) in [5, 5.41) is 32.8. The quantitative estimate of drug-likeness (QED) is 0.221. The van der Waals surface area contributed by atoms with E-state index in [0.717, 1.165) is 11.7 Å². The number of hydrogen-bond donors (Lipinski definition) is 2. The van der Waals surface area contributed by atoms with Crippen LogP contribution >= 0.6 is 12.2 Å². The Balaban J connectivity index is 0.000000230. The van der Waals surface area contributed by atoms with Crippen LogP contribution in [0.1, 0.15) is 27.0 Å². The lowest BCUT2D eigenvalue weighted by molar-refractivity contribution is 0.0959. The molecule has 0 aliphatic heterocycles. The minimum absolute atomic E-state index is 0.154. The van der Waals surface area contributed by atoms with Crippen molar-refractivity contribution in [3.05, 3.63) is 84.0 Å². The maximum atomic E-state index is 12.1. The maximum Gasteiger partial charge on any atom is 0.251 e. The Bertz CT molecular complexity index is 1490. The van der Waals surface area contributed by atoms with Gasteiger partial charge in [0.1, 0.15) is 42.4 Å². The number of carbonyl (C=O) groups excluding carboxylic acids is 1. The Hall–Kier alpha value is -4.51. The lowest BCUT2D eigenvalue weighted by atomic mass is 10.1. The molecular formula is C28H34N10OSSi2. The predicted molar refractivity (Wildman–Crippen MR) is 171 cm³/mol. The molecule has 0 unspecified atom stereocenters. The number of carbonyl (C=O) groups is 1. The molecule has 0 saturated heterocycles. The first-order valence-corrected chi connectivity index (χ1v) is 21.0. The number of hydrogen-bond acceptors (Lipinski definition) is 8. The topological polar surface area (TPSA) is 150 Å². The fraction of sp³-hybridized carbons (Fsp3) is 0.286. The summed E-state index contributed by atoms with van der Waals surface area (Å²) in [5.41, 5.74) is 3.55. The number of amides is 1. The molecule has 0 bridgehead atoms. The van der Waals surface area contributed by atoms with Crippen LogP contribution in [0.5, 0.6) is 0 Å². The molecule has 2 aromatic heterocycles. The Morgan fingerprint density at radius 2 is 1.24 bits per heavy atom. The van der Waals surface area contributed by atoms with E-state index >= 15 is 0 Å². The van der Waals surface area contributed by atoms with Crippen LogP contribution in [0.4, 0.5) is 0 Å². The highest BCUT2D eigenvalue weighted by atomic mass is 32.1. The van der Waals surface area contributed by atoms with Gasteiger partial charge in [-0.15, -0.1) is 0 Å². The van der Waals surface area contributed by atoms with Crippen LogP contribution in [0, 0.1) is 22.7 Å². The standard InChI is InChI=1S/C14H17N5OSi.C14H17N5SSi/c2*1-21(2,3)10-17-14(20)11-4-5-13(12(6-11)7-15)19-9-16-8-18-19/h2*4-6,8-9H,10H2,1-3H3,(H,17,20). The predicted octanol–water partition coefficient (Wildman–Crippen LogP) is 4.03. The van der Waals surface area contributed by atoms with Crippen molar-refractivity contribution in [2.45, 2.75) is 39.3 Å². The highest BCUT2D eigenvalue weighted by Gasteiger charge is 2.17. The molecule has 4 aromatic rings. The van der Waals surface area contributed by atoms with E-state index in [1.807, 2.05) is 12.1 Å². The molecule has 14 heteroatoms. The first-order valence-electron chi connectivity index (χ1n) is 13.2. The van der Waals surface area contributed by atoms with Crippen LogP contribution in [0.2, 0.25) is 39.3 Å². The fourth-order valence-electron chi connectivity index (χ4n) is 3.49. The van der Waals surface area contributed by atoms with Crippen molar-refractivity contribution >= 4 is 39.3 Å². The maximum absolute atomic E-state index is 12.1. The molecule has 0 spiro atoms. The molecule has 0 saturated carbocycles. The van der Waals surface area contributed by atoms with E-state index in [-0.39, 0.29) is 5.91 Å². The summed E-state index contributed by atoms with van der Waals surface area (Å²) in [7, 11) is -2.56. The first-order chi connectivity index (χ1) is 19.8. The molecule has 42 heavy (non-hydrogen) atoms. The molecular weight excluding hydrogens is 581 g/mol. The number of nitrogens with one attached hydrogen (secondary N) is 2. The van der Waals surface area contributed by atoms with E-state index < -0.39 is 16.1 Å². The van der Waals surface area contributed by atoms with Gasteiger partial charge in [-0.1, -0.05) is 51.5 Å². The normalized spacial score (nSPS) is 11.0. The van der Waals surface area contributed by atoms with Crippen LogP contribution < -0.4 is 10.6 Å². The zero-order valence-corrected chi connectivity index (χ0v) is 27.4. The molecule has 2 heterocycles. The number of benzene rings is 2. The van der Waals surface area contributed by atoms with E-state index in [0.29, 0.717) is 39.2 Å². The fourth-order valence-corrected chi connectivity index (χ4v) is 5.22. The highest BCUT2D eigenvalue weighted by Crippen LogP contribution is 2.16. The second-order valence-corrected chi connectivity index (χ2v) is 23.2. The van der Waals surface area contributed by atoms with Gasteiger partial charge in [0.15, 0.2) is 0 Å². The van der Waals surface area contributed by atoms with Crippen LogP contribution in [-0.2, 0) is 0 Å². The Labute approximate surface area is 253 Å². The molecule has 4 rings (SSSR count). The van der Waals surface area contributed by atoms with Crippen LogP contribution in [0.15, 0.2) is 61.7 Å². The third-order valence-electron chi connectivity index (χ3n) is 5.65. The van der Waals surface area contributed by atoms with E-state index in [4.69, 9.17) is 12.2 Å². The minimum atomic E-state index is -1.35. The molecule has 2 aromatic carbocycles. The van der Waals surface area contributed by atoms with Crippen LogP contribution in [0.3, 0.4) is 0 Å². The summed E-state index contributed by atoms with van der Waals surface area (Å²) < 4.78 is 3.07. The van der Waals surface area contributed by atoms with Crippen molar-refractivity contribution in [2.24, 2.45) is 0 Å².